The van der Waals surface area contributed by atoms with Crippen molar-refractivity contribution in [3.8, 4) is 0 Å². The van der Waals surface area contributed by atoms with Crippen LogP contribution in [0.25, 0.3) is 0 Å². The zero-order valence-electron chi connectivity index (χ0n) is 10.3. The zero-order valence-corrected chi connectivity index (χ0v) is 10.3. The molecule has 90 valence electrons. The molecule has 0 aliphatic carbocycles. The van der Waals surface area contributed by atoms with Gasteiger partial charge < -0.3 is 0 Å². The van der Waals surface area contributed by atoms with Crippen molar-refractivity contribution >= 4 is 0 Å². The minimum atomic E-state index is -0.165. The second-order valence-corrected chi connectivity index (χ2v) is 4.70. The van der Waals surface area contributed by atoms with E-state index in [1.807, 2.05) is 6.07 Å². The van der Waals surface area contributed by atoms with Crippen molar-refractivity contribution in [3.05, 3.63) is 35.1 Å². The molecule has 2 nitrogen and oxygen atoms in total. The number of hydrogen-bond donors (Lipinski definition) is 2. The molecule has 3 heteroatoms. The molecule has 0 bridgehead atoms. The molecule has 1 rings (SSSR count). The third-order valence-electron chi connectivity index (χ3n) is 2.83. The average Bonchev–Trinajstić information content (AvgIpc) is 2.23. The fraction of sp³-hybridized carbons (Fsp3) is 0.538. The number of nitrogens with two attached hydrogens (primary N) is 1. The summed E-state index contributed by atoms with van der Waals surface area (Å²) in [5, 5.41) is 0. The summed E-state index contributed by atoms with van der Waals surface area (Å²) in [4.78, 5) is 0. The Bertz CT molecular complexity index is 337. The zero-order chi connectivity index (χ0) is 12.1. The first-order valence-corrected chi connectivity index (χ1v) is 5.76. The van der Waals surface area contributed by atoms with E-state index < -0.39 is 0 Å². The number of aryl methyl sites for hydroxylation is 1. The van der Waals surface area contributed by atoms with Gasteiger partial charge in [-0.1, -0.05) is 26.0 Å². The standard InChI is InChI=1S/C13H21FN2/c1-9(2)4-7-13(16-15)11-6-5-10(3)12(14)8-11/h5-6,8-9,13,16H,4,7,15H2,1-3H3. The topological polar surface area (TPSA) is 38.0 Å². The van der Waals surface area contributed by atoms with Gasteiger partial charge in [0.2, 0.25) is 0 Å². The van der Waals surface area contributed by atoms with Gasteiger partial charge in [-0.3, -0.25) is 11.3 Å². The van der Waals surface area contributed by atoms with Gasteiger partial charge in [0.05, 0.1) is 0 Å². The number of hydrogen-bond acceptors (Lipinski definition) is 2. The lowest BCUT2D eigenvalue weighted by molar-refractivity contribution is 0.446. The maximum Gasteiger partial charge on any atom is 0.126 e. The minimum absolute atomic E-state index is 0.0394. The first-order chi connectivity index (χ1) is 7.54. The van der Waals surface area contributed by atoms with Gasteiger partial charge >= 0.3 is 0 Å². The summed E-state index contributed by atoms with van der Waals surface area (Å²) in [6.45, 7) is 6.10. The van der Waals surface area contributed by atoms with E-state index in [0.29, 0.717) is 11.5 Å². The monoisotopic (exact) mass is 224 g/mol. The molecule has 0 saturated carbocycles. The van der Waals surface area contributed by atoms with Crippen molar-refractivity contribution in [1.82, 2.24) is 5.43 Å². The summed E-state index contributed by atoms with van der Waals surface area (Å²) in [5.74, 6) is 5.97. The number of halogens is 1. The molecule has 0 saturated heterocycles. The highest BCUT2D eigenvalue weighted by molar-refractivity contribution is 5.25. The van der Waals surface area contributed by atoms with Gasteiger partial charge in [-0.15, -0.1) is 0 Å². The number of rotatable bonds is 5. The molecule has 0 aliphatic rings. The van der Waals surface area contributed by atoms with Crippen LogP contribution < -0.4 is 11.3 Å². The molecule has 3 N–H and O–H groups in total. The molecule has 1 aromatic carbocycles. The number of benzene rings is 1. The third kappa shape index (κ3) is 3.58. The van der Waals surface area contributed by atoms with Crippen LogP contribution in [0.1, 0.15) is 43.9 Å². The van der Waals surface area contributed by atoms with Crippen LogP contribution in [-0.2, 0) is 0 Å². The summed E-state index contributed by atoms with van der Waals surface area (Å²) in [5.41, 5.74) is 4.35. The first kappa shape index (κ1) is 13.1. The van der Waals surface area contributed by atoms with Crippen LogP contribution in [0, 0.1) is 18.7 Å². The second kappa shape index (κ2) is 5.97. The molecule has 0 heterocycles. The van der Waals surface area contributed by atoms with Crippen molar-refractivity contribution < 1.29 is 4.39 Å². The Balaban J connectivity index is 2.74. The molecule has 16 heavy (non-hydrogen) atoms. The Hall–Kier alpha value is -0.930. The summed E-state index contributed by atoms with van der Waals surface area (Å²) >= 11 is 0. The van der Waals surface area contributed by atoms with E-state index in [9.17, 15) is 4.39 Å². The molecular formula is C13H21FN2. The van der Waals surface area contributed by atoms with Crippen molar-refractivity contribution in [2.45, 2.75) is 39.7 Å². The Morgan fingerprint density at radius 2 is 2.00 bits per heavy atom. The van der Waals surface area contributed by atoms with Gasteiger partial charge in [-0.2, -0.15) is 0 Å². The van der Waals surface area contributed by atoms with Crippen LogP contribution >= 0.6 is 0 Å². The van der Waals surface area contributed by atoms with Crippen molar-refractivity contribution in [3.63, 3.8) is 0 Å². The maximum absolute atomic E-state index is 13.4. The van der Waals surface area contributed by atoms with E-state index in [1.165, 1.54) is 0 Å². The van der Waals surface area contributed by atoms with Gasteiger partial charge in [0.1, 0.15) is 5.82 Å². The SMILES string of the molecule is Cc1ccc(C(CCC(C)C)NN)cc1F. The highest BCUT2D eigenvalue weighted by Crippen LogP contribution is 2.22. The van der Waals surface area contributed by atoms with Gasteiger partial charge in [-0.25, -0.2) is 4.39 Å². The summed E-state index contributed by atoms with van der Waals surface area (Å²) in [6, 6.07) is 5.34. The average molecular weight is 224 g/mol. The largest absolute Gasteiger partial charge is 0.271 e. The molecule has 0 fully saturated rings. The predicted molar refractivity (Wildman–Crippen MR) is 65.3 cm³/mol. The lowest BCUT2D eigenvalue weighted by Gasteiger charge is -2.17. The van der Waals surface area contributed by atoms with E-state index >= 15 is 0 Å². The van der Waals surface area contributed by atoms with E-state index in [1.54, 1.807) is 19.1 Å². The molecule has 0 amide bonds. The molecular weight excluding hydrogens is 203 g/mol. The molecule has 0 radical (unpaired) electrons. The lowest BCUT2D eigenvalue weighted by atomic mass is 9.97. The fourth-order valence-corrected chi connectivity index (χ4v) is 1.67. The van der Waals surface area contributed by atoms with E-state index in [0.717, 1.165) is 18.4 Å². The highest BCUT2D eigenvalue weighted by Gasteiger charge is 2.11. The van der Waals surface area contributed by atoms with E-state index in [-0.39, 0.29) is 11.9 Å². The lowest BCUT2D eigenvalue weighted by Crippen LogP contribution is -2.28. The Labute approximate surface area is 97.0 Å². The summed E-state index contributed by atoms with van der Waals surface area (Å²) in [6.07, 6.45) is 2.00. The smallest absolute Gasteiger partial charge is 0.126 e. The normalized spacial score (nSPS) is 13.1. The van der Waals surface area contributed by atoms with Crippen molar-refractivity contribution in [2.75, 3.05) is 0 Å². The maximum atomic E-state index is 13.4. The van der Waals surface area contributed by atoms with Crippen LogP contribution in [0.2, 0.25) is 0 Å². The molecule has 1 unspecified atom stereocenters. The summed E-state index contributed by atoms with van der Waals surface area (Å²) < 4.78 is 13.4. The van der Waals surface area contributed by atoms with E-state index in [2.05, 4.69) is 19.3 Å². The molecule has 0 spiro atoms. The third-order valence-corrected chi connectivity index (χ3v) is 2.83. The van der Waals surface area contributed by atoms with Crippen LogP contribution in [0.4, 0.5) is 4.39 Å². The van der Waals surface area contributed by atoms with Gasteiger partial charge in [-0.05, 0) is 42.9 Å². The summed E-state index contributed by atoms with van der Waals surface area (Å²) in [7, 11) is 0. The van der Waals surface area contributed by atoms with Crippen molar-refractivity contribution in [2.24, 2.45) is 11.8 Å². The molecule has 0 aromatic heterocycles. The number of nitrogens with one attached hydrogen (secondary N) is 1. The first-order valence-electron chi connectivity index (χ1n) is 5.76. The molecule has 1 atom stereocenters. The minimum Gasteiger partial charge on any atom is -0.271 e. The quantitative estimate of drug-likeness (QED) is 0.596. The molecule has 1 aromatic rings. The van der Waals surface area contributed by atoms with Crippen LogP contribution in [0.15, 0.2) is 18.2 Å². The van der Waals surface area contributed by atoms with Gasteiger partial charge in [0.15, 0.2) is 0 Å². The van der Waals surface area contributed by atoms with Crippen LogP contribution in [0.3, 0.4) is 0 Å². The fourth-order valence-electron chi connectivity index (χ4n) is 1.67. The second-order valence-electron chi connectivity index (χ2n) is 4.70. The predicted octanol–water partition coefficient (Wildman–Crippen LogP) is 3.07. The Morgan fingerprint density at radius 3 is 2.50 bits per heavy atom. The number of hydrazine groups is 1. The van der Waals surface area contributed by atoms with Crippen molar-refractivity contribution in [1.29, 1.82) is 0 Å². The van der Waals surface area contributed by atoms with Gasteiger partial charge in [0, 0.05) is 6.04 Å². The Morgan fingerprint density at radius 1 is 1.31 bits per heavy atom. The highest BCUT2D eigenvalue weighted by atomic mass is 19.1. The Kier molecular flexibility index (Phi) is 4.90. The van der Waals surface area contributed by atoms with Crippen LogP contribution in [-0.4, -0.2) is 0 Å². The van der Waals surface area contributed by atoms with E-state index in [4.69, 9.17) is 5.84 Å². The van der Waals surface area contributed by atoms with Gasteiger partial charge in [0.25, 0.3) is 0 Å². The van der Waals surface area contributed by atoms with Crippen LogP contribution in [0.5, 0.6) is 0 Å². The molecule has 0 aliphatic heterocycles.